The van der Waals surface area contributed by atoms with E-state index in [2.05, 4.69) is 10.2 Å². The molecule has 0 unspecified atom stereocenters. The molecule has 5 heteroatoms. The topological polar surface area (TPSA) is 41.6 Å². The molecule has 30 heavy (non-hydrogen) atoms. The molecule has 0 saturated carbocycles. The fourth-order valence-electron chi connectivity index (χ4n) is 3.76. The maximum absolute atomic E-state index is 14.4. The summed E-state index contributed by atoms with van der Waals surface area (Å²) in [6, 6.07) is 22.6. The third-order valence-corrected chi connectivity index (χ3v) is 5.26. The number of benzene rings is 3. The van der Waals surface area contributed by atoms with E-state index >= 15 is 0 Å². The van der Waals surface area contributed by atoms with Crippen molar-refractivity contribution in [2.45, 2.75) is 19.3 Å². The van der Waals surface area contributed by atoms with E-state index < -0.39 is 5.82 Å². The van der Waals surface area contributed by atoms with Crippen molar-refractivity contribution in [3.63, 3.8) is 0 Å². The highest BCUT2D eigenvalue weighted by atomic mass is 19.1. The lowest BCUT2D eigenvalue weighted by Gasteiger charge is -2.22. The van der Waals surface area contributed by atoms with E-state index in [0.717, 1.165) is 48.5 Å². The van der Waals surface area contributed by atoms with Gasteiger partial charge in [-0.05, 0) is 36.6 Å². The number of para-hydroxylation sites is 2. The van der Waals surface area contributed by atoms with E-state index in [1.165, 1.54) is 6.07 Å². The van der Waals surface area contributed by atoms with E-state index in [1.54, 1.807) is 6.07 Å². The average molecular weight is 404 g/mol. The first-order valence-corrected chi connectivity index (χ1v) is 10.3. The van der Waals surface area contributed by atoms with Gasteiger partial charge in [0.25, 0.3) is 0 Å². The van der Waals surface area contributed by atoms with Crippen LogP contribution in [0.25, 0.3) is 11.1 Å². The van der Waals surface area contributed by atoms with E-state index in [1.807, 2.05) is 60.7 Å². The lowest BCUT2D eigenvalue weighted by atomic mass is 10.1. The quantitative estimate of drug-likeness (QED) is 0.565. The molecule has 0 atom stereocenters. The van der Waals surface area contributed by atoms with Crippen LogP contribution in [0.5, 0.6) is 5.75 Å². The Morgan fingerprint density at radius 2 is 1.67 bits per heavy atom. The van der Waals surface area contributed by atoms with Crippen molar-refractivity contribution >= 4 is 17.3 Å². The second kappa shape index (κ2) is 9.44. The molecule has 1 N–H and O–H groups in total. The van der Waals surface area contributed by atoms with Gasteiger partial charge in [-0.25, -0.2) is 4.39 Å². The van der Waals surface area contributed by atoms with Crippen LogP contribution in [0, 0.1) is 5.82 Å². The molecule has 0 bridgehead atoms. The Kier molecular flexibility index (Phi) is 6.28. The SMILES string of the molecule is O=C(CCOc1ccccc1-c1ccccc1)Nc1c(F)cccc1N1CCCC1. The molecule has 4 nitrogen and oxygen atoms in total. The van der Waals surface area contributed by atoms with Crippen LogP contribution in [-0.2, 0) is 4.79 Å². The predicted octanol–water partition coefficient (Wildman–Crippen LogP) is 5.50. The molecule has 3 aromatic carbocycles. The van der Waals surface area contributed by atoms with Crippen LogP contribution in [0.2, 0.25) is 0 Å². The van der Waals surface area contributed by atoms with Crippen molar-refractivity contribution < 1.29 is 13.9 Å². The Morgan fingerprint density at radius 1 is 0.933 bits per heavy atom. The van der Waals surface area contributed by atoms with E-state index in [0.29, 0.717) is 0 Å². The van der Waals surface area contributed by atoms with E-state index in [9.17, 15) is 9.18 Å². The summed E-state index contributed by atoms with van der Waals surface area (Å²) in [5, 5.41) is 2.75. The molecule has 0 aliphatic carbocycles. The van der Waals surface area contributed by atoms with Crippen LogP contribution in [0.3, 0.4) is 0 Å². The predicted molar refractivity (Wildman–Crippen MR) is 118 cm³/mol. The molecule has 4 rings (SSSR count). The number of nitrogens with zero attached hydrogens (tertiary/aromatic N) is 1. The first-order valence-electron chi connectivity index (χ1n) is 10.3. The number of ether oxygens (including phenoxy) is 1. The highest BCUT2D eigenvalue weighted by Crippen LogP contribution is 2.32. The fraction of sp³-hybridized carbons (Fsp3) is 0.240. The minimum absolute atomic E-state index is 0.136. The number of hydrogen-bond acceptors (Lipinski definition) is 3. The van der Waals surface area contributed by atoms with Crippen LogP contribution in [0.15, 0.2) is 72.8 Å². The van der Waals surface area contributed by atoms with Crippen molar-refractivity contribution in [1.29, 1.82) is 0 Å². The molecule has 1 saturated heterocycles. The van der Waals surface area contributed by atoms with Gasteiger partial charge in [0.2, 0.25) is 5.91 Å². The van der Waals surface area contributed by atoms with Gasteiger partial charge in [0.1, 0.15) is 17.3 Å². The number of carbonyl (C=O) groups is 1. The number of rotatable bonds is 7. The van der Waals surface area contributed by atoms with Gasteiger partial charge in [-0.2, -0.15) is 0 Å². The van der Waals surface area contributed by atoms with Gasteiger partial charge in [-0.1, -0.05) is 54.6 Å². The molecular weight excluding hydrogens is 379 g/mol. The summed E-state index contributed by atoms with van der Waals surface area (Å²) in [4.78, 5) is 14.6. The van der Waals surface area contributed by atoms with E-state index in [4.69, 9.17) is 4.74 Å². The Bertz CT molecular complexity index is 1000. The number of nitrogens with one attached hydrogen (secondary N) is 1. The van der Waals surface area contributed by atoms with Gasteiger partial charge in [0, 0.05) is 18.7 Å². The normalized spacial score (nSPS) is 13.3. The minimum Gasteiger partial charge on any atom is -0.492 e. The maximum atomic E-state index is 14.4. The van der Waals surface area contributed by atoms with Crippen LogP contribution < -0.4 is 15.0 Å². The van der Waals surface area contributed by atoms with Gasteiger partial charge in [0.05, 0.1) is 18.7 Å². The first-order chi connectivity index (χ1) is 14.7. The zero-order chi connectivity index (χ0) is 20.8. The summed E-state index contributed by atoms with van der Waals surface area (Å²) >= 11 is 0. The van der Waals surface area contributed by atoms with Crippen molar-refractivity contribution in [3.8, 4) is 16.9 Å². The van der Waals surface area contributed by atoms with Crippen LogP contribution >= 0.6 is 0 Å². The Balaban J connectivity index is 1.39. The molecule has 0 radical (unpaired) electrons. The summed E-state index contributed by atoms with van der Waals surface area (Å²) < 4.78 is 20.3. The molecule has 0 aromatic heterocycles. The summed E-state index contributed by atoms with van der Waals surface area (Å²) in [5.41, 5.74) is 3.04. The molecule has 1 heterocycles. The highest BCUT2D eigenvalue weighted by molar-refractivity contribution is 5.94. The van der Waals surface area contributed by atoms with Crippen LogP contribution in [0.1, 0.15) is 19.3 Å². The zero-order valence-corrected chi connectivity index (χ0v) is 16.8. The number of hydrogen-bond donors (Lipinski definition) is 1. The second-order valence-corrected chi connectivity index (χ2v) is 7.34. The molecule has 1 aliphatic heterocycles. The lowest BCUT2D eigenvalue weighted by molar-refractivity contribution is -0.116. The Labute approximate surface area is 176 Å². The number of anilines is 2. The third kappa shape index (κ3) is 4.62. The van der Waals surface area contributed by atoms with Crippen molar-refractivity contribution in [1.82, 2.24) is 0 Å². The molecular formula is C25H25FN2O2. The largest absolute Gasteiger partial charge is 0.492 e. The fourth-order valence-corrected chi connectivity index (χ4v) is 3.76. The van der Waals surface area contributed by atoms with Gasteiger partial charge < -0.3 is 15.0 Å². The van der Waals surface area contributed by atoms with Crippen LogP contribution in [0.4, 0.5) is 15.8 Å². The monoisotopic (exact) mass is 404 g/mol. The maximum Gasteiger partial charge on any atom is 0.227 e. The standard InChI is InChI=1S/C25H25FN2O2/c26-21-12-8-13-22(28-16-6-7-17-28)25(21)27-24(29)15-18-30-23-14-5-4-11-20(23)19-9-2-1-3-10-19/h1-5,8-14H,6-7,15-18H2,(H,27,29). The molecule has 0 spiro atoms. The summed E-state index contributed by atoms with van der Waals surface area (Å²) in [7, 11) is 0. The highest BCUT2D eigenvalue weighted by Gasteiger charge is 2.19. The van der Waals surface area contributed by atoms with Gasteiger partial charge in [0.15, 0.2) is 0 Å². The van der Waals surface area contributed by atoms with Crippen molar-refractivity contribution in [2.24, 2.45) is 0 Å². The zero-order valence-electron chi connectivity index (χ0n) is 16.8. The van der Waals surface area contributed by atoms with E-state index in [-0.39, 0.29) is 24.6 Å². The van der Waals surface area contributed by atoms with Gasteiger partial charge in [-0.3, -0.25) is 4.79 Å². The summed E-state index contributed by atoms with van der Waals surface area (Å²) in [6.45, 7) is 1.97. The Morgan fingerprint density at radius 3 is 2.47 bits per heavy atom. The molecule has 3 aromatic rings. The molecule has 1 fully saturated rings. The third-order valence-electron chi connectivity index (χ3n) is 5.26. The summed E-state index contributed by atoms with van der Waals surface area (Å²) in [6.07, 6.45) is 2.30. The molecule has 1 amide bonds. The smallest absolute Gasteiger partial charge is 0.227 e. The minimum atomic E-state index is -0.414. The van der Waals surface area contributed by atoms with Crippen molar-refractivity contribution in [2.75, 3.05) is 29.9 Å². The number of carbonyl (C=O) groups excluding carboxylic acids is 1. The Hall–Kier alpha value is -3.34. The number of amides is 1. The second-order valence-electron chi connectivity index (χ2n) is 7.34. The number of halogens is 1. The van der Waals surface area contributed by atoms with Gasteiger partial charge in [-0.15, -0.1) is 0 Å². The molecule has 154 valence electrons. The average Bonchev–Trinajstić information content (AvgIpc) is 3.31. The lowest BCUT2D eigenvalue weighted by Crippen LogP contribution is -2.22. The van der Waals surface area contributed by atoms with Gasteiger partial charge >= 0.3 is 0 Å². The van der Waals surface area contributed by atoms with Crippen LogP contribution in [-0.4, -0.2) is 25.6 Å². The van der Waals surface area contributed by atoms with Crippen molar-refractivity contribution in [3.05, 3.63) is 78.6 Å². The molecule has 1 aliphatic rings. The summed E-state index contributed by atoms with van der Waals surface area (Å²) in [5.74, 6) is 0.0426. The first kappa shape index (κ1) is 20.0.